The predicted octanol–water partition coefficient (Wildman–Crippen LogP) is 2.33. The highest BCUT2D eigenvalue weighted by Crippen LogP contribution is 2.22. The second-order valence-corrected chi connectivity index (χ2v) is 2.84. The van der Waals surface area contributed by atoms with Crippen LogP contribution in [0.5, 0.6) is 5.75 Å². The highest BCUT2D eigenvalue weighted by Gasteiger charge is 2.11. The topological polar surface area (TPSA) is 63.6 Å². The van der Waals surface area contributed by atoms with Crippen LogP contribution in [0.2, 0.25) is 0 Å². The van der Waals surface area contributed by atoms with Crippen LogP contribution < -0.4 is 0 Å². The molecule has 1 rings (SSSR count). The lowest BCUT2D eigenvalue weighted by Crippen LogP contribution is -2.02. The highest BCUT2D eigenvalue weighted by molar-refractivity contribution is 5.93. The van der Waals surface area contributed by atoms with Gasteiger partial charge in [0.2, 0.25) is 0 Å². The summed E-state index contributed by atoms with van der Waals surface area (Å²) in [6.07, 6.45) is 0.495. The molecule has 0 heterocycles. The molecular formula is C12H16O4. The maximum Gasteiger partial charge on any atom is 0.337 e. The summed E-state index contributed by atoms with van der Waals surface area (Å²) < 4.78 is 4.49. The van der Waals surface area contributed by atoms with E-state index in [1.165, 1.54) is 19.2 Å². The largest absolute Gasteiger partial charge is 0.507 e. The molecule has 0 saturated heterocycles. The number of hydrogen-bond donors (Lipinski definition) is 1. The molecule has 0 aliphatic heterocycles. The zero-order valence-corrected chi connectivity index (χ0v) is 9.90. The van der Waals surface area contributed by atoms with Crippen molar-refractivity contribution in [2.24, 2.45) is 0 Å². The third-order valence-electron chi connectivity index (χ3n) is 1.88. The van der Waals surface area contributed by atoms with Crippen molar-refractivity contribution in [1.29, 1.82) is 0 Å². The Labute approximate surface area is 94.9 Å². The van der Waals surface area contributed by atoms with Crippen LogP contribution in [0.1, 0.15) is 40.1 Å². The number of phenolic OH excluding ortho intramolecular Hbond substituents is 1. The summed E-state index contributed by atoms with van der Waals surface area (Å²) in [5.74, 6) is -0.635. The lowest BCUT2D eigenvalue weighted by Gasteiger charge is -2.05. The van der Waals surface area contributed by atoms with E-state index in [2.05, 4.69) is 4.74 Å². The normalized spacial score (nSPS) is 8.75. The van der Waals surface area contributed by atoms with Crippen molar-refractivity contribution in [3.8, 4) is 5.75 Å². The van der Waals surface area contributed by atoms with Gasteiger partial charge in [-0.25, -0.2) is 4.79 Å². The Bertz CT molecular complexity index is 383. The van der Waals surface area contributed by atoms with E-state index in [1.807, 2.05) is 13.8 Å². The maximum atomic E-state index is 11.1. The van der Waals surface area contributed by atoms with E-state index < -0.39 is 5.97 Å². The number of ether oxygens (including phenoxy) is 1. The van der Waals surface area contributed by atoms with Crippen molar-refractivity contribution in [2.45, 2.75) is 20.8 Å². The zero-order chi connectivity index (χ0) is 12.7. The number of methoxy groups -OCH3 is 1. The summed E-state index contributed by atoms with van der Waals surface area (Å²) in [4.78, 5) is 21.7. The molecule has 16 heavy (non-hydrogen) atoms. The van der Waals surface area contributed by atoms with Gasteiger partial charge in [-0.3, -0.25) is 4.79 Å². The van der Waals surface area contributed by atoms with Gasteiger partial charge in [-0.05, 0) is 24.6 Å². The first-order chi connectivity index (χ1) is 7.60. The lowest BCUT2D eigenvalue weighted by molar-refractivity contribution is 0.0600. The van der Waals surface area contributed by atoms with Crippen LogP contribution in [0.25, 0.3) is 0 Å². The molecule has 0 radical (unpaired) electrons. The predicted molar refractivity (Wildman–Crippen MR) is 60.9 cm³/mol. The number of phenols is 1. The third kappa shape index (κ3) is 3.08. The van der Waals surface area contributed by atoms with Crippen LogP contribution in [0.4, 0.5) is 0 Å². The average Bonchev–Trinajstić information content (AvgIpc) is 2.34. The molecule has 4 heteroatoms. The van der Waals surface area contributed by atoms with Gasteiger partial charge in [0.05, 0.1) is 18.2 Å². The summed E-state index contributed by atoms with van der Waals surface area (Å²) in [7, 11) is 1.26. The van der Waals surface area contributed by atoms with E-state index in [0.717, 1.165) is 0 Å². The minimum Gasteiger partial charge on any atom is -0.507 e. The molecular weight excluding hydrogens is 208 g/mol. The number of hydrogen-bond acceptors (Lipinski definition) is 4. The van der Waals surface area contributed by atoms with Crippen molar-refractivity contribution >= 4 is 12.3 Å². The minimum atomic E-state index is -0.531. The van der Waals surface area contributed by atoms with Crippen molar-refractivity contribution < 1.29 is 19.4 Å². The second-order valence-electron chi connectivity index (χ2n) is 2.84. The number of benzene rings is 1. The third-order valence-corrected chi connectivity index (χ3v) is 1.88. The van der Waals surface area contributed by atoms with Gasteiger partial charge in [0.15, 0.2) is 6.29 Å². The van der Waals surface area contributed by atoms with Gasteiger partial charge in [0.25, 0.3) is 0 Å². The Hall–Kier alpha value is -1.84. The Morgan fingerprint density at radius 1 is 1.38 bits per heavy atom. The fraction of sp³-hybridized carbons (Fsp3) is 0.333. The first-order valence-electron chi connectivity index (χ1n) is 4.97. The van der Waals surface area contributed by atoms with Crippen LogP contribution in [-0.4, -0.2) is 24.5 Å². The van der Waals surface area contributed by atoms with Gasteiger partial charge in [0, 0.05) is 0 Å². The second kappa shape index (κ2) is 6.61. The van der Waals surface area contributed by atoms with E-state index in [4.69, 9.17) is 0 Å². The number of aryl methyl sites for hydroxylation is 1. The number of carbonyl (C=O) groups is 2. The lowest BCUT2D eigenvalue weighted by atomic mass is 10.1. The van der Waals surface area contributed by atoms with Gasteiger partial charge >= 0.3 is 5.97 Å². The summed E-state index contributed by atoms with van der Waals surface area (Å²) in [6.45, 7) is 5.61. The van der Waals surface area contributed by atoms with Crippen molar-refractivity contribution in [2.75, 3.05) is 7.11 Å². The van der Waals surface area contributed by atoms with Crippen LogP contribution in [0, 0.1) is 6.92 Å². The van der Waals surface area contributed by atoms with Gasteiger partial charge in [0.1, 0.15) is 5.75 Å². The van der Waals surface area contributed by atoms with Gasteiger partial charge in [-0.2, -0.15) is 0 Å². The van der Waals surface area contributed by atoms with Crippen molar-refractivity contribution in [1.82, 2.24) is 0 Å². The van der Waals surface area contributed by atoms with Gasteiger partial charge < -0.3 is 9.84 Å². The molecule has 1 aromatic carbocycles. The summed E-state index contributed by atoms with van der Waals surface area (Å²) in [5, 5.41) is 9.39. The van der Waals surface area contributed by atoms with Crippen LogP contribution in [0.3, 0.4) is 0 Å². The number of aromatic hydroxyl groups is 1. The number of aldehydes is 1. The quantitative estimate of drug-likeness (QED) is 0.618. The van der Waals surface area contributed by atoms with Crippen LogP contribution >= 0.6 is 0 Å². The first-order valence-corrected chi connectivity index (χ1v) is 4.97. The monoisotopic (exact) mass is 224 g/mol. The summed E-state index contributed by atoms with van der Waals surface area (Å²) >= 11 is 0. The molecule has 1 aromatic rings. The molecule has 0 aliphatic rings. The van der Waals surface area contributed by atoms with E-state index in [9.17, 15) is 14.7 Å². The molecule has 0 bridgehead atoms. The fourth-order valence-corrected chi connectivity index (χ4v) is 1.13. The molecule has 0 atom stereocenters. The molecule has 4 nitrogen and oxygen atoms in total. The Kier molecular flexibility index (Phi) is 5.85. The minimum absolute atomic E-state index is 0.0883. The highest BCUT2D eigenvalue weighted by atomic mass is 16.5. The smallest absolute Gasteiger partial charge is 0.337 e. The molecule has 0 saturated carbocycles. The molecule has 0 spiro atoms. The Balaban J connectivity index is 0.00000106. The number of esters is 1. The maximum absolute atomic E-state index is 11.1. The Morgan fingerprint density at radius 3 is 2.38 bits per heavy atom. The molecule has 88 valence electrons. The summed E-state index contributed by atoms with van der Waals surface area (Å²) in [6, 6.07) is 2.76. The molecule has 0 aliphatic carbocycles. The van der Waals surface area contributed by atoms with Gasteiger partial charge in [-0.15, -0.1) is 0 Å². The molecule has 0 fully saturated rings. The van der Waals surface area contributed by atoms with Gasteiger partial charge in [-0.1, -0.05) is 13.8 Å². The number of carbonyl (C=O) groups excluding carboxylic acids is 2. The summed E-state index contributed by atoms with van der Waals surface area (Å²) in [5.41, 5.74) is 0.810. The van der Waals surface area contributed by atoms with Crippen molar-refractivity contribution in [3.63, 3.8) is 0 Å². The van der Waals surface area contributed by atoms with E-state index >= 15 is 0 Å². The van der Waals surface area contributed by atoms with Crippen LogP contribution in [0.15, 0.2) is 12.1 Å². The molecule has 0 unspecified atom stereocenters. The molecule has 0 aromatic heterocycles. The van der Waals surface area contributed by atoms with Crippen LogP contribution in [-0.2, 0) is 4.74 Å². The standard InChI is InChI=1S/C10H10O4.C2H6/c1-6-3-7(10(13)14-2)4-8(5-11)9(6)12;1-2/h3-5,12H,1-2H3;1-2H3. The molecule has 0 amide bonds. The van der Waals surface area contributed by atoms with Crippen molar-refractivity contribution in [3.05, 3.63) is 28.8 Å². The first kappa shape index (κ1) is 14.2. The fourth-order valence-electron chi connectivity index (χ4n) is 1.13. The van der Waals surface area contributed by atoms with E-state index in [1.54, 1.807) is 6.92 Å². The number of rotatable bonds is 2. The zero-order valence-electron chi connectivity index (χ0n) is 9.90. The molecule has 1 N–H and O–H groups in total. The Morgan fingerprint density at radius 2 is 1.94 bits per heavy atom. The van der Waals surface area contributed by atoms with E-state index in [-0.39, 0.29) is 16.9 Å². The average molecular weight is 224 g/mol. The van der Waals surface area contributed by atoms with E-state index in [0.29, 0.717) is 11.8 Å². The SMILES string of the molecule is CC.COC(=O)c1cc(C)c(O)c(C=O)c1.